The zero-order chi connectivity index (χ0) is 35.1. The Hall–Kier alpha value is -6.12. The number of amides is 2. The molecule has 14 nitrogen and oxygen atoms in total. The van der Waals surface area contributed by atoms with E-state index in [1.165, 1.54) is 6.33 Å². The molecule has 260 valence electrons. The molecule has 51 heavy (non-hydrogen) atoms. The van der Waals surface area contributed by atoms with Crippen LogP contribution in [0.3, 0.4) is 0 Å². The number of hydrogen-bond acceptors (Lipinski definition) is 9. The maximum absolute atomic E-state index is 16.7. The van der Waals surface area contributed by atoms with Crippen molar-refractivity contribution >= 4 is 45.3 Å². The summed E-state index contributed by atoms with van der Waals surface area (Å²) >= 11 is 0. The molecular weight excluding hydrogens is 653 g/mol. The molecule has 1 fully saturated rings. The maximum atomic E-state index is 16.7. The second-order valence-electron chi connectivity index (χ2n) is 12.7. The molecular formula is C36H36FN11O3. The molecule has 2 amide bonds. The number of rotatable bonds is 8. The third kappa shape index (κ3) is 5.93. The van der Waals surface area contributed by atoms with Crippen molar-refractivity contribution in [2.45, 2.75) is 19.4 Å². The normalized spacial score (nSPS) is 15.1. The average Bonchev–Trinajstić information content (AvgIpc) is 3.95. The zero-order valence-electron chi connectivity index (χ0n) is 28.3. The summed E-state index contributed by atoms with van der Waals surface area (Å²) in [5.41, 5.74) is 4.55. The van der Waals surface area contributed by atoms with Crippen molar-refractivity contribution in [3.8, 4) is 16.9 Å². The lowest BCUT2D eigenvalue weighted by Gasteiger charge is -2.35. The van der Waals surface area contributed by atoms with Crippen LogP contribution in [-0.2, 0) is 18.4 Å². The molecule has 0 saturated carbocycles. The van der Waals surface area contributed by atoms with Crippen LogP contribution < -0.4 is 9.64 Å². The first-order chi connectivity index (χ1) is 24.9. The van der Waals surface area contributed by atoms with E-state index in [1.807, 2.05) is 48.0 Å². The van der Waals surface area contributed by atoms with Crippen LogP contribution >= 0.6 is 0 Å². The molecule has 0 bridgehead atoms. The zero-order valence-corrected chi connectivity index (χ0v) is 28.3. The topological polar surface area (TPSA) is 143 Å². The van der Waals surface area contributed by atoms with E-state index < -0.39 is 5.82 Å². The fraction of sp³-hybridized carbons (Fsp3) is 0.306. The Bertz CT molecular complexity index is 2290. The summed E-state index contributed by atoms with van der Waals surface area (Å²) in [4.78, 5) is 49.1. The number of nitrogens with zero attached hydrogens (tertiary/aromatic N) is 10. The van der Waals surface area contributed by atoms with E-state index in [-0.39, 0.29) is 30.3 Å². The quantitative estimate of drug-likeness (QED) is 0.252. The predicted molar refractivity (Wildman–Crippen MR) is 188 cm³/mol. The monoisotopic (exact) mass is 689 g/mol. The summed E-state index contributed by atoms with van der Waals surface area (Å²) in [6, 6.07) is 11.1. The van der Waals surface area contributed by atoms with E-state index in [9.17, 15) is 9.59 Å². The number of para-hydroxylation sites is 1. The Balaban J connectivity index is 1.09. The van der Waals surface area contributed by atoms with Gasteiger partial charge in [0.25, 0.3) is 5.91 Å². The number of benzene rings is 2. The molecule has 0 atom stereocenters. The lowest BCUT2D eigenvalue weighted by Crippen LogP contribution is -2.49. The van der Waals surface area contributed by atoms with Gasteiger partial charge in [-0.2, -0.15) is 0 Å². The van der Waals surface area contributed by atoms with Crippen LogP contribution in [0.25, 0.3) is 38.8 Å². The third-order valence-corrected chi connectivity index (χ3v) is 9.71. The molecule has 8 rings (SSSR count). The lowest BCUT2D eigenvalue weighted by atomic mass is 9.93. The van der Waals surface area contributed by atoms with E-state index in [2.05, 4.69) is 35.1 Å². The van der Waals surface area contributed by atoms with Gasteiger partial charge < -0.3 is 29.0 Å². The van der Waals surface area contributed by atoms with Gasteiger partial charge in [-0.25, -0.2) is 19.3 Å². The van der Waals surface area contributed by atoms with Crippen LogP contribution in [0.1, 0.15) is 28.9 Å². The molecule has 6 aromatic rings. The molecule has 2 aliphatic rings. The molecule has 15 heteroatoms. The first kappa shape index (κ1) is 32.1. The van der Waals surface area contributed by atoms with Crippen molar-refractivity contribution in [3.63, 3.8) is 0 Å². The van der Waals surface area contributed by atoms with Gasteiger partial charge in [0.15, 0.2) is 17.3 Å². The van der Waals surface area contributed by atoms with Crippen molar-refractivity contribution in [3.05, 3.63) is 84.6 Å². The number of aromatic amines is 1. The second-order valence-corrected chi connectivity index (χ2v) is 12.7. The molecule has 6 heterocycles. The molecule has 0 aliphatic carbocycles. The Labute approximate surface area is 292 Å². The minimum atomic E-state index is -0.473. The van der Waals surface area contributed by atoms with Gasteiger partial charge in [-0.15, -0.1) is 5.10 Å². The fourth-order valence-electron chi connectivity index (χ4n) is 7.06. The number of halogens is 1. The number of carbonyl (C=O) groups excluding carboxylic acids is 2. The van der Waals surface area contributed by atoms with Gasteiger partial charge in [-0.3, -0.25) is 14.3 Å². The number of methoxy groups -OCH3 is 1. The number of fused-ring (bicyclic) bond motifs is 2. The summed E-state index contributed by atoms with van der Waals surface area (Å²) < 4.78 is 25.9. The van der Waals surface area contributed by atoms with Gasteiger partial charge in [0.2, 0.25) is 5.91 Å². The molecule has 2 aromatic carbocycles. The summed E-state index contributed by atoms with van der Waals surface area (Å²) in [7, 11) is 3.50. The van der Waals surface area contributed by atoms with Crippen LogP contribution in [0.4, 0.5) is 10.2 Å². The van der Waals surface area contributed by atoms with Crippen molar-refractivity contribution in [1.82, 2.24) is 49.3 Å². The summed E-state index contributed by atoms with van der Waals surface area (Å²) in [6.45, 7) is 3.26. The fourth-order valence-corrected chi connectivity index (χ4v) is 7.06. The molecule has 1 saturated heterocycles. The number of carbonyl (C=O) groups is 2. The number of ether oxygens (including phenoxy) is 1. The summed E-state index contributed by atoms with van der Waals surface area (Å²) in [5, 5.41) is 8.31. The summed E-state index contributed by atoms with van der Waals surface area (Å²) in [5.74, 6) is 0.671. The highest BCUT2D eigenvalue weighted by atomic mass is 19.1. The minimum absolute atomic E-state index is 0.0418. The molecule has 0 unspecified atom stereocenters. The number of aryl methyl sites for hydroxylation is 2. The lowest BCUT2D eigenvalue weighted by molar-refractivity contribution is -0.131. The number of nitrogens with one attached hydrogen (secondary N) is 1. The minimum Gasteiger partial charge on any atom is -0.496 e. The van der Waals surface area contributed by atoms with Gasteiger partial charge in [-0.05, 0) is 35.8 Å². The smallest absolute Gasteiger partial charge is 0.270 e. The van der Waals surface area contributed by atoms with Gasteiger partial charge in [0.1, 0.15) is 23.3 Å². The van der Waals surface area contributed by atoms with Crippen molar-refractivity contribution in [2.75, 3.05) is 51.3 Å². The van der Waals surface area contributed by atoms with E-state index >= 15 is 4.39 Å². The Morgan fingerprint density at radius 3 is 2.63 bits per heavy atom. The SMILES string of the molecule is COc1ccccc1-c1cc(C2=CCCN(C(=O)CCn3ccnn3)C2)c(F)c2[nH]c(C(=O)N3CCN(c4ncnc5ncn(C)c45)CC3)cc12. The van der Waals surface area contributed by atoms with Gasteiger partial charge >= 0.3 is 0 Å². The van der Waals surface area contributed by atoms with E-state index in [1.54, 1.807) is 46.4 Å². The van der Waals surface area contributed by atoms with Crippen molar-refractivity contribution < 1.29 is 18.7 Å². The third-order valence-electron chi connectivity index (χ3n) is 9.71. The van der Waals surface area contributed by atoms with Crippen molar-refractivity contribution in [2.24, 2.45) is 7.05 Å². The molecule has 0 spiro atoms. The Morgan fingerprint density at radius 2 is 1.82 bits per heavy atom. The standard InChI is InChI=1S/C36H36FN11O3/c1-44-22-40-34-33(44)35(39-21-38-34)45-14-16-46(17-15-45)36(50)28-19-27-26(24-7-3-4-8-29(24)51-2)18-25(31(37)32(27)42-28)23-6-5-11-47(20-23)30(49)9-12-48-13-10-41-43-48/h3-4,6-8,10,13,18-19,21-22,42H,5,9,11-12,14-17,20H2,1-2H3. The Kier molecular flexibility index (Phi) is 8.37. The van der Waals surface area contributed by atoms with Crippen LogP contribution in [0.15, 0.2) is 67.5 Å². The van der Waals surface area contributed by atoms with Gasteiger partial charge in [0.05, 0.1) is 31.7 Å². The van der Waals surface area contributed by atoms with Gasteiger partial charge in [-0.1, -0.05) is 29.5 Å². The first-order valence-corrected chi connectivity index (χ1v) is 16.9. The molecule has 2 aliphatic heterocycles. The van der Waals surface area contributed by atoms with E-state index in [0.717, 1.165) is 22.5 Å². The number of H-pyrrole nitrogens is 1. The van der Waals surface area contributed by atoms with E-state index in [0.29, 0.717) is 79.3 Å². The number of imidazole rings is 1. The second kappa shape index (κ2) is 13.3. The van der Waals surface area contributed by atoms with Crippen molar-refractivity contribution in [1.29, 1.82) is 0 Å². The summed E-state index contributed by atoms with van der Waals surface area (Å²) in [6.07, 6.45) is 9.35. The highest BCUT2D eigenvalue weighted by Crippen LogP contribution is 2.40. The number of piperazine rings is 1. The average molecular weight is 690 g/mol. The van der Waals surface area contributed by atoms with Crippen LogP contribution in [0, 0.1) is 5.82 Å². The number of aromatic nitrogens is 8. The largest absolute Gasteiger partial charge is 0.496 e. The van der Waals surface area contributed by atoms with Gasteiger partial charge in [0, 0.05) is 75.4 Å². The predicted octanol–water partition coefficient (Wildman–Crippen LogP) is 3.92. The highest BCUT2D eigenvalue weighted by Gasteiger charge is 2.29. The van der Waals surface area contributed by atoms with Crippen LogP contribution in [0.5, 0.6) is 5.75 Å². The number of hydrogen-bond donors (Lipinski definition) is 1. The molecule has 0 radical (unpaired) electrons. The Morgan fingerprint density at radius 1 is 0.980 bits per heavy atom. The molecule has 1 N–H and O–H groups in total. The molecule has 4 aromatic heterocycles. The number of anilines is 1. The van der Waals surface area contributed by atoms with Crippen LogP contribution in [0.2, 0.25) is 0 Å². The maximum Gasteiger partial charge on any atom is 0.270 e. The highest BCUT2D eigenvalue weighted by molar-refractivity contribution is 6.05. The van der Waals surface area contributed by atoms with E-state index in [4.69, 9.17) is 4.74 Å². The first-order valence-electron chi connectivity index (χ1n) is 16.9. The van der Waals surface area contributed by atoms with Crippen LogP contribution in [-0.4, -0.2) is 107 Å².